The Balaban J connectivity index is 1.88. The molecule has 1 N–H and O–H groups in total. The number of nitrogens with zero attached hydrogens (tertiary/aromatic N) is 1. The number of likely N-dealkylation sites (tertiary alicyclic amines) is 1. The molecule has 7 heteroatoms. The average molecular weight is 383 g/mol. The van der Waals surface area contributed by atoms with Gasteiger partial charge in [0.05, 0.1) is 5.75 Å². The summed E-state index contributed by atoms with van der Waals surface area (Å²) in [7, 11) is -3.41. The number of benzene rings is 1. The van der Waals surface area contributed by atoms with Crippen molar-refractivity contribution < 1.29 is 17.9 Å². The van der Waals surface area contributed by atoms with Crippen LogP contribution in [0.4, 0.5) is 4.79 Å². The van der Waals surface area contributed by atoms with Crippen LogP contribution in [0.25, 0.3) is 0 Å². The topological polar surface area (TPSA) is 75.7 Å². The summed E-state index contributed by atoms with van der Waals surface area (Å²) in [6, 6.07) is 7.48. The number of hydrogen-bond acceptors (Lipinski definition) is 4. The number of aryl methyl sites for hydroxylation is 1. The van der Waals surface area contributed by atoms with Gasteiger partial charge < -0.3 is 9.64 Å². The van der Waals surface area contributed by atoms with E-state index < -0.39 is 15.6 Å². The largest absolute Gasteiger partial charge is 0.444 e. The van der Waals surface area contributed by atoms with Crippen molar-refractivity contribution in [3.8, 4) is 0 Å². The molecule has 1 aliphatic heterocycles. The monoisotopic (exact) mass is 382 g/mol. The summed E-state index contributed by atoms with van der Waals surface area (Å²) in [6.07, 6.45) is 1.42. The average Bonchev–Trinajstić information content (AvgIpc) is 2.54. The summed E-state index contributed by atoms with van der Waals surface area (Å²) in [6.45, 7) is 8.94. The number of hydrogen-bond donors (Lipinski definition) is 1. The Morgan fingerprint density at radius 3 is 2.65 bits per heavy atom. The maximum atomic E-state index is 12.4. The van der Waals surface area contributed by atoms with Crippen LogP contribution < -0.4 is 4.72 Å². The van der Waals surface area contributed by atoms with E-state index in [9.17, 15) is 13.2 Å². The molecule has 146 valence electrons. The lowest BCUT2D eigenvalue weighted by Crippen LogP contribution is -2.45. The van der Waals surface area contributed by atoms with Crippen LogP contribution in [0.15, 0.2) is 24.3 Å². The summed E-state index contributed by atoms with van der Waals surface area (Å²) in [5.41, 5.74) is 1.24. The van der Waals surface area contributed by atoms with Crippen molar-refractivity contribution >= 4 is 16.1 Å². The molecule has 6 nitrogen and oxygen atoms in total. The van der Waals surface area contributed by atoms with Crippen LogP contribution in [0.3, 0.4) is 0 Å². The third-order valence-corrected chi connectivity index (χ3v) is 5.67. The quantitative estimate of drug-likeness (QED) is 0.849. The van der Waals surface area contributed by atoms with E-state index in [1.807, 2.05) is 52.0 Å². The first-order valence-electron chi connectivity index (χ1n) is 9.05. The number of sulfonamides is 1. The minimum Gasteiger partial charge on any atom is -0.444 e. The van der Waals surface area contributed by atoms with Crippen LogP contribution in [0.2, 0.25) is 0 Å². The van der Waals surface area contributed by atoms with Crippen molar-refractivity contribution in [3.63, 3.8) is 0 Å². The number of rotatable bonds is 5. The van der Waals surface area contributed by atoms with Gasteiger partial charge in [0.2, 0.25) is 10.0 Å². The molecule has 1 aromatic carbocycles. The lowest BCUT2D eigenvalue weighted by atomic mass is 9.99. The van der Waals surface area contributed by atoms with E-state index in [4.69, 9.17) is 4.74 Å². The Hall–Kier alpha value is -1.60. The summed E-state index contributed by atoms with van der Waals surface area (Å²) in [5, 5.41) is 0. The highest BCUT2D eigenvalue weighted by molar-refractivity contribution is 7.88. The van der Waals surface area contributed by atoms with Crippen molar-refractivity contribution in [2.75, 3.05) is 19.6 Å². The maximum Gasteiger partial charge on any atom is 0.410 e. The Labute approximate surface area is 157 Å². The molecule has 0 unspecified atom stereocenters. The number of piperidine rings is 1. The van der Waals surface area contributed by atoms with Crippen LogP contribution in [-0.4, -0.2) is 44.6 Å². The van der Waals surface area contributed by atoms with E-state index in [1.54, 1.807) is 4.90 Å². The molecule has 1 fully saturated rings. The zero-order valence-electron chi connectivity index (χ0n) is 16.1. The van der Waals surface area contributed by atoms with Crippen LogP contribution >= 0.6 is 0 Å². The molecule has 0 radical (unpaired) electrons. The smallest absolute Gasteiger partial charge is 0.410 e. The Morgan fingerprint density at radius 1 is 1.31 bits per heavy atom. The van der Waals surface area contributed by atoms with Gasteiger partial charge in [0.1, 0.15) is 5.60 Å². The number of ether oxygens (including phenoxy) is 1. The van der Waals surface area contributed by atoms with Gasteiger partial charge in [0, 0.05) is 19.6 Å². The van der Waals surface area contributed by atoms with Crippen LogP contribution in [0.5, 0.6) is 0 Å². The van der Waals surface area contributed by atoms with E-state index in [2.05, 4.69) is 4.72 Å². The molecule has 1 saturated heterocycles. The molecule has 2 rings (SSSR count). The fourth-order valence-electron chi connectivity index (χ4n) is 3.00. The molecule has 1 amide bonds. The van der Waals surface area contributed by atoms with Gasteiger partial charge in [0.25, 0.3) is 0 Å². The fraction of sp³-hybridized carbons (Fsp3) is 0.632. The van der Waals surface area contributed by atoms with Crippen LogP contribution in [0.1, 0.15) is 44.7 Å². The van der Waals surface area contributed by atoms with E-state index in [1.165, 1.54) is 0 Å². The Kier molecular flexibility index (Phi) is 6.69. The first kappa shape index (κ1) is 20.7. The lowest BCUT2D eigenvalue weighted by molar-refractivity contribution is 0.0169. The third kappa shape index (κ3) is 6.61. The zero-order valence-corrected chi connectivity index (χ0v) is 16.9. The number of nitrogens with one attached hydrogen (secondary N) is 1. The predicted molar refractivity (Wildman–Crippen MR) is 102 cm³/mol. The third-order valence-electron chi connectivity index (χ3n) is 4.37. The molecule has 1 atom stereocenters. The normalized spacial score (nSPS) is 18.6. The van der Waals surface area contributed by atoms with Gasteiger partial charge in [-0.15, -0.1) is 0 Å². The summed E-state index contributed by atoms with van der Waals surface area (Å²) in [4.78, 5) is 13.9. The first-order valence-corrected chi connectivity index (χ1v) is 10.7. The van der Waals surface area contributed by atoms with Gasteiger partial charge >= 0.3 is 6.09 Å². The number of carbonyl (C=O) groups is 1. The highest BCUT2D eigenvalue weighted by Crippen LogP contribution is 2.19. The molecule has 26 heavy (non-hydrogen) atoms. The second kappa shape index (κ2) is 8.39. The fourth-order valence-corrected chi connectivity index (χ4v) is 4.32. The number of amides is 1. The molecular weight excluding hydrogens is 352 g/mol. The summed E-state index contributed by atoms with van der Waals surface area (Å²) >= 11 is 0. The van der Waals surface area contributed by atoms with Crippen molar-refractivity contribution in [2.24, 2.45) is 5.92 Å². The van der Waals surface area contributed by atoms with Crippen LogP contribution in [-0.2, 0) is 20.5 Å². The van der Waals surface area contributed by atoms with Gasteiger partial charge in [0.15, 0.2) is 0 Å². The molecule has 1 aliphatic rings. The van der Waals surface area contributed by atoms with Gasteiger partial charge in [-0.1, -0.05) is 24.3 Å². The molecule has 0 aliphatic carbocycles. The molecular formula is C19H30N2O4S. The molecule has 1 heterocycles. The molecule has 1 aromatic rings. The minimum atomic E-state index is -3.41. The van der Waals surface area contributed by atoms with E-state index in [0.29, 0.717) is 19.6 Å². The van der Waals surface area contributed by atoms with E-state index in [0.717, 1.165) is 24.0 Å². The van der Waals surface area contributed by atoms with Gasteiger partial charge in [-0.25, -0.2) is 17.9 Å². The lowest BCUT2D eigenvalue weighted by Gasteiger charge is -2.34. The van der Waals surface area contributed by atoms with Crippen molar-refractivity contribution in [2.45, 2.75) is 51.9 Å². The second-order valence-corrected chi connectivity index (χ2v) is 9.78. The summed E-state index contributed by atoms with van der Waals surface area (Å²) < 4.78 is 32.9. The highest BCUT2D eigenvalue weighted by Gasteiger charge is 2.28. The highest BCUT2D eigenvalue weighted by atomic mass is 32.2. The first-order chi connectivity index (χ1) is 12.1. The second-order valence-electron chi connectivity index (χ2n) is 7.97. The van der Waals surface area contributed by atoms with Gasteiger partial charge in [-0.2, -0.15) is 0 Å². The Bertz CT molecular complexity index is 725. The van der Waals surface area contributed by atoms with Gasteiger partial charge in [-0.05, 0) is 57.6 Å². The molecule has 0 aromatic heterocycles. The van der Waals surface area contributed by atoms with Crippen molar-refractivity contribution in [1.29, 1.82) is 0 Å². The van der Waals surface area contributed by atoms with Crippen molar-refractivity contribution in [1.82, 2.24) is 9.62 Å². The van der Waals surface area contributed by atoms with E-state index >= 15 is 0 Å². The SMILES string of the molecule is Cc1ccccc1CS(=O)(=O)NC[C@H]1CCCN(C(=O)OC(C)(C)C)C1. The predicted octanol–water partition coefficient (Wildman–Crippen LogP) is 3.06. The molecule has 0 saturated carbocycles. The zero-order chi connectivity index (χ0) is 19.4. The van der Waals surface area contributed by atoms with Crippen LogP contribution in [0, 0.1) is 12.8 Å². The molecule has 0 bridgehead atoms. The minimum absolute atomic E-state index is 0.0256. The standard InChI is InChI=1S/C19H30N2O4S/c1-15-8-5-6-10-17(15)14-26(23,24)20-12-16-9-7-11-21(13-16)18(22)25-19(2,3)4/h5-6,8,10,16,20H,7,9,11-14H2,1-4H3/t16-/m1/s1. The number of carbonyl (C=O) groups excluding carboxylic acids is 1. The maximum absolute atomic E-state index is 12.4. The van der Waals surface area contributed by atoms with Crippen molar-refractivity contribution in [3.05, 3.63) is 35.4 Å². The van der Waals surface area contributed by atoms with Gasteiger partial charge in [-0.3, -0.25) is 0 Å². The molecule has 0 spiro atoms. The Morgan fingerprint density at radius 2 is 2.00 bits per heavy atom. The van der Waals surface area contributed by atoms with E-state index in [-0.39, 0.29) is 17.8 Å². The summed E-state index contributed by atoms with van der Waals surface area (Å²) in [5.74, 6) is 0.0743.